The molecule has 0 aliphatic rings. The lowest BCUT2D eigenvalue weighted by Gasteiger charge is -2.15. The van der Waals surface area contributed by atoms with Crippen LogP contribution in [0.25, 0.3) is 22.0 Å². The van der Waals surface area contributed by atoms with Gasteiger partial charge in [0, 0.05) is 17.7 Å². The molecule has 0 aliphatic carbocycles. The van der Waals surface area contributed by atoms with E-state index in [2.05, 4.69) is 4.98 Å². The number of pyridine rings is 1. The lowest BCUT2D eigenvalue weighted by Crippen LogP contribution is -2.14. The van der Waals surface area contributed by atoms with Crippen LogP contribution in [0.4, 0.5) is 4.39 Å². The van der Waals surface area contributed by atoms with Gasteiger partial charge in [-0.2, -0.15) is 0 Å². The van der Waals surface area contributed by atoms with Crippen LogP contribution in [0.3, 0.4) is 0 Å². The maximum absolute atomic E-state index is 14.7. The van der Waals surface area contributed by atoms with E-state index < -0.39 is 17.2 Å². The van der Waals surface area contributed by atoms with Gasteiger partial charge in [-0.05, 0) is 49.1 Å². The van der Waals surface area contributed by atoms with Crippen molar-refractivity contribution in [3.8, 4) is 22.6 Å². The molecule has 30 heavy (non-hydrogen) atoms. The molecule has 1 heterocycles. The maximum atomic E-state index is 14.7. The van der Waals surface area contributed by atoms with E-state index in [0.29, 0.717) is 47.8 Å². The molecular formula is C23H24FNO5. The summed E-state index contributed by atoms with van der Waals surface area (Å²) in [5, 5.41) is 8.91. The normalized spacial score (nSPS) is 10.9. The standard InChI is InChI=1S/C23H24FNO5/c1-3-13-30-18-12-11-16(24)21-22(18)25-17(5-4-6-19(26)27)20(23(21)28)14-7-9-15(29-2)10-8-14/h7-12H,3-6,13H2,1-2H3,(H,25,28)(H,26,27). The largest absolute Gasteiger partial charge is 0.497 e. The highest BCUT2D eigenvalue weighted by molar-refractivity contribution is 5.89. The van der Waals surface area contributed by atoms with Gasteiger partial charge in [0.1, 0.15) is 17.3 Å². The van der Waals surface area contributed by atoms with Gasteiger partial charge in [0.15, 0.2) is 0 Å². The van der Waals surface area contributed by atoms with Crippen molar-refractivity contribution in [2.24, 2.45) is 0 Å². The van der Waals surface area contributed by atoms with Crippen LogP contribution >= 0.6 is 0 Å². The number of aryl methyl sites for hydroxylation is 1. The van der Waals surface area contributed by atoms with Gasteiger partial charge in [0.2, 0.25) is 5.43 Å². The third kappa shape index (κ3) is 4.45. The van der Waals surface area contributed by atoms with Gasteiger partial charge in [-0.15, -0.1) is 0 Å². The first-order valence-corrected chi connectivity index (χ1v) is 9.82. The number of hydrogen-bond acceptors (Lipinski definition) is 4. The molecular weight excluding hydrogens is 389 g/mol. The third-order valence-electron chi connectivity index (χ3n) is 4.81. The van der Waals surface area contributed by atoms with Gasteiger partial charge < -0.3 is 19.6 Å². The molecule has 0 radical (unpaired) electrons. The Balaban J connectivity index is 2.22. The quantitative estimate of drug-likeness (QED) is 0.538. The summed E-state index contributed by atoms with van der Waals surface area (Å²) < 4.78 is 25.6. The van der Waals surface area contributed by atoms with Crippen LogP contribution in [-0.4, -0.2) is 29.8 Å². The molecule has 3 aromatic rings. The summed E-state index contributed by atoms with van der Waals surface area (Å²) in [7, 11) is 1.54. The predicted molar refractivity (Wildman–Crippen MR) is 113 cm³/mol. The molecule has 6 nitrogen and oxygen atoms in total. The van der Waals surface area contributed by atoms with Crippen LogP contribution in [0, 0.1) is 5.82 Å². The Morgan fingerprint density at radius 2 is 1.90 bits per heavy atom. The first-order valence-electron chi connectivity index (χ1n) is 9.82. The zero-order chi connectivity index (χ0) is 21.7. The second-order valence-electron chi connectivity index (χ2n) is 6.93. The van der Waals surface area contributed by atoms with E-state index in [1.807, 2.05) is 6.92 Å². The van der Waals surface area contributed by atoms with Crippen LogP contribution in [0.1, 0.15) is 31.9 Å². The molecule has 1 aromatic heterocycles. The molecule has 158 valence electrons. The highest BCUT2D eigenvalue weighted by atomic mass is 19.1. The Kier molecular flexibility index (Phi) is 6.72. The topological polar surface area (TPSA) is 88.6 Å². The number of carbonyl (C=O) groups is 1. The average Bonchev–Trinajstić information content (AvgIpc) is 2.73. The minimum Gasteiger partial charge on any atom is -0.497 e. The minimum atomic E-state index is -0.915. The Morgan fingerprint density at radius 3 is 2.53 bits per heavy atom. The fourth-order valence-corrected chi connectivity index (χ4v) is 3.38. The molecule has 2 aromatic carbocycles. The fourth-order valence-electron chi connectivity index (χ4n) is 3.38. The molecule has 0 bridgehead atoms. The van der Waals surface area contributed by atoms with Crippen molar-refractivity contribution in [2.45, 2.75) is 32.6 Å². The highest BCUT2D eigenvalue weighted by Gasteiger charge is 2.19. The summed E-state index contributed by atoms with van der Waals surface area (Å²) in [5.41, 5.74) is 1.30. The Bertz CT molecular complexity index is 1110. The second-order valence-corrected chi connectivity index (χ2v) is 6.93. The molecule has 0 unspecified atom stereocenters. The number of halogens is 1. The van der Waals surface area contributed by atoms with E-state index in [1.54, 1.807) is 31.4 Å². The Hall–Kier alpha value is -3.35. The molecule has 0 atom stereocenters. The number of ether oxygens (including phenoxy) is 2. The van der Waals surface area contributed by atoms with Crippen LogP contribution in [0.2, 0.25) is 0 Å². The number of aliphatic carboxylic acids is 1. The smallest absolute Gasteiger partial charge is 0.303 e. The van der Waals surface area contributed by atoms with Crippen LogP contribution < -0.4 is 14.9 Å². The van der Waals surface area contributed by atoms with E-state index in [0.717, 1.165) is 6.42 Å². The average molecular weight is 413 g/mol. The summed E-state index contributed by atoms with van der Waals surface area (Å²) in [6.45, 7) is 2.38. The van der Waals surface area contributed by atoms with Crippen molar-refractivity contribution in [1.82, 2.24) is 4.98 Å². The highest BCUT2D eigenvalue weighted by Crippen LogP contribution is 2.30. The van der Waals surface area contributed by atoms with Crippen molar-refractivity contribution in [3.63, 3.8) is 0 Å². The van der Waals surface area contributed by atoms with E-state index in [1.165, 1.54) is 12.1 Å². The lowest BCUT2D eigenvalue weighted by atomic mass is 9.97. The Morgan fingerprint density at radius 1 is 1.17 bits per heavy atom. The predicted octanol–water partition coefficient (Wildman–Crippen LogP) is 4.54. The number of methoxy groups -OCH3 is 1. The number of H-pyrrole nitrogens is 1. The zero-order valence-corrected chi connectivity index (χ0v) is 17.0. The van der Waals surface area contributed by atoms with Gasteiger partial charge in [-0.3, -0.25) is 9.59 Å². The van der Waals surface area contributed by atoms with Crippen molar-refractivity contribution < 1.29 is 23.8 Å². The molecule has 0 fully saturated rings. The first kappa shape index (κ1) is 21.4. The molecule has 0 amide bonds. The number of carboxylic acid groups (broad SMARTS) is 1. The Labute approximate surface area is 173 Å². The van der Waals surface area contributed by atoms with Crippen molar-refractivity contribution in [2.75, 3.05) is 13.7 Å². The molecule has 3 rings (SSSR count). The summed E-state index contributed by atoms with van der Waals surface area (Å²) in [6.07, 6.45) is 1.38. The van der Waals surface area contributed by atoms with E-state index in [9.17, 15) is 14.0 Å². The number of nitrogens with one attached hydrogen (secondary N) is 1. The zero-order valence-electron chi connectivity index (χ0n) is 17.0. The number of aromatic amines is 1. The van der Waals surface area contributed by atoms with Gasteiger partial charge in [-0.25, -0.2) is 4.39 Å². The van der Waals surface area contributed by atoms with Gasteiger partial charge >= 0.3 is 5.97 Å². The van der Waals surface area contributed by atoms with Gasteiger partial charge in [0.25, 0.3) is 0 Å². The number of hydrogen-bond donors (Lipinski definition) is 2. The van der Waals surface area contributed by atoms with E-state index in [-0.39, 0.29) is 17.3 Å². The number of rotatable bonds is 9. The molecule has 2 N–H and O–H groups in total. The van der Waals surface area contributed by atoms with Crippen LogP contribution in [-0.2, 0) is 11.2 Å². The summed E-state index contributed by atoms with van der Waals surface area (Å²) >= 11 is 0. The SMILES string of the molecule is CCCOc1ccc(F)c2c(=O)c(-c3ccc(OC)cc3)c(CCCC(=O)O)[nH]c12. The number of carboxylic acids is 1. The van der Waals surface area contributed by atoms with Crippen molar-refractivity contribution in [3.05, 3.63) is 58.1 Å². The molecule has 0 aliphatic heterocycles. The van der Waals surface area contributed by atoms with Gasteiger partial charge in [-0.1, -0.05) is 19.1 Å². The summed E-state index contributed by atoms with van der Waals surface area (Å²) in [5.74, 6) is -0.528. The van der Waals surface area contributed by atoms with Crippen molar-refractivity contribution >= 4 is 16.9 Å². The summed E-state index contributed by atoms with van der Waals surface area (Å²) in [6, 6.07) is 9.62. The monoisotopic (exact) mass is 413 g/mol. The minimum absolute atomic E-state index is 0.0372. The lowest BCUT2D eigenvalue weighted by molar-refractivity contribution is -0.137. The molecule has 0 saturated carbocycles. The van der Waals surface area contributed by atoms with Gasteiger partial charge in [0.05, 0.1) is 24.6 Å². The second kappa shape index (κ2) is 9.43. The third-order valence-corrected chi connectivity index (χ3v) is 4.81. The maximum Gasteiger partial charge on any atom is 0.303 e. The van der Waals surface area contributed by atoms with E-state index >= 15 is 0 Å². The number of fused-ring (bicyclic) bond motifs is 1. The molecule has 0 spiro atoms. The fraction of sp³-hybridized carbons (Fsp3) is 0.304. The molecule has 7 heteroatoms. The van der Waals surface area contributed by atoms with Crippen LogP contribution in [0.5, 0.6) is 11.5 Å². The number of benzene rings is 2. The molecule has 0 saturated heterocycles. The van der Waals surface area contributed by atoms with Crippen LogP contribution in [0.15, 0.2) is 41.2 Å². The first-order chi connectivity index (χ1) is 14.5. The summed E-state index contributed by atoms with van der Waals surface area (Å²) in [4.78, 5) is 27.5. The number of aromatic nitrogens is 1. The van der Waals surface area contributed by atoms with Crippen molar-refractivity contribution in [1.29, 1.82) is 0 Å². The van der Waals surface area contributed by atoms with E-state index in [4.69, 9.17) is 14.6 Å².